The van der Waals surface area contributed by atoms with Gasteiger partial charge < -0.3 is 9.67 Å². The van der Waals surface area contributed by atoms with Gasteiger partial charge in [-0.1, -0.05) is 20.8 Å². The molecule has 3 nitrogen and oxygen atoms in total. The molecule has 3 heteroatoms. The third kappa shape index (κ3) is 3.35. The molecule has 1 aromatic rings. The Bertz CT molecular complexity index is 380. The highest BCUT2D eigenvalue weighted by Crippen LogP contribution is 2.21. The SMILES string of the molecule is CC[C@@H](C)n1c(CCC(C)C)ccc1C(=O)O. The first-order chi connectivity index (χ1) is 7.97. The summed E-state index contributed by atoms with van der Waals surface area (Å²) in [5.41, 5.74) is 1.56. The van der Waals surface area contributed by atoms with E-state index in [1.165, 1.54) is 0 Å². The Hall–Kier alpha value is -1.25. The van der Waals surface area contributed by atoms with Gasteiger partial charge in [-0.25, -0.2) is 4.79 Å². The van der Waals surface area contributed by atoms with E-state index >= 15 is 0 Å². The van der Waals surface area contributed by atoms with Crippen molar-refractivity contribution in [2.45, 2.75) is 53.0 Å². The van der Waals surface area contributed by atoms with Gasteiger partial charge in [0.05, 0.1) is 0 Å². The Morgan fingerprint density at radius 3 is 2.47 bits per heavy atom. The van der Waals surface area contributed by atoms with Gasteiger partial charge in [-0.2, -0.15) is 0 Å². The highest BCUT2D eigenvalue weighted by atomic mass is 16.4. The number of aromatic carboxylic acids is 1. The van der Waals surface area contributed by atoms with Crippen molar-refractivity contribution in [1.82, 2.24) is 4.57 Å². The molecule has 0 aliphatic rings. The second-order valence-electron chi connectivity index (χ2n) is 5.07. The highest BCUT2D eigenvalue weighted by Gasteiger charge is 2.17. The van der Waals surface area contributed by atoms with Gasteiger partial charge >= 0.3 is 5.97 Å². The van der Waals surface area contributed by atoms with Gasteiger partial charge in [0, 0.05) is 11.7 Å². The smallest absolute Gasteiger partial charge is 0.352 e. The van der Waals surface area contributed by atoms with E-state index in [0.717, 1.165) is 25.0 Å². The fourth-order valence-electron chi connectivity index (χ4n) is 2.01. The average Bonchev–Trinajstić information content (AvgIpc) is 2.68. The molecule has 0 unspecified atom stereocenters. The van der Waals surface area contributed by atoms with Gasteiger partial charge in [-0.3, -0.25) is 0 Å². The minimum absolute atomic E-state index is 0.248. The lowest BCUT2D eigenvalue weighted by Gasteiger charge is -2.18. The Balaban J connectivity index is 3.00. The third-order valence-electron chi connectivity index (χ3n) is 3.23. The van der Waals surface area contributed by atoms with Crippen molar-refractivity contribution >= 4 is 5.97 Å². The lowest BCUT2D eigenvalue weighted by Crippen LogP contribution is -2.15. The minimum atomic E-state index is -0.832. The second-order valence-corrected chi connectivity index (χ2v) is 5.07. The average molecular weight is 237 g/mol. The first kappa shape index (κ1) is 13.8. The zero-order valence-electron chi connectivity index (χ0n) is 11.2. The van der Waals surface area contributed by atoms with E-state index in [9.17, 15) is 9.90 Å². The Morgan fingerprint density at radius 2 is 2.00 bits per heavy atom. The molecular weight excluding hydrogens is 214 g/mol. The monoisotopic (exact) mass is 237 g/mol. The number of rotatable bonds is 6. The van der Waals surface area contributed by atoms with Crippen LogP contribution in [0.4, 0.5) is 0 Å². The Labute approximate surface area is 103 Å². The van der Waals surface area contributed by atoms with Crippen LogP contribution in [0.15, 0.2) is 12.1 Å². The number of carbonyl (C=O) groups is 1. The first-order valence-electron chi connectivity index (χ1n) is 6.40. The molecule has 0 bridgehead atoms. The number of nitrogens with zero attached hydrogens (tertiary/aromatic N) is 1. The summed E-state index contributed by atoms with van der Waals surface area (Å²) in [4.78, 5) is 11.2. The molecule has 1 N–H and O–H groups in total. The molecule has 1 rings (SSSR count). The molecular formula is C14H23NO2. The summed E-state index contributed by atoms with van der Waals surface area (Å²) in [5, 5.41) is 9.18. The predicted molar refractivity (Wildman–Crippen MR) is 69.6 cm³/mol. The second kappa shape index (κ2) is 5.89. The summed E-state index contributed by atoms with van der Waals surface area (Å²) in [6, 6.07) is 3.93. The molecule has 0 aliphatic carbocycles. The molecule has 0 spiro atoms. The minimum Gasteiger partial charge on any atom is -0.477 e. The van der Waals surface area contributed by atoms with Crippen molar-refractivity contribution in [3.05, 3.63) is 23.5 Å². The summed E-state index contributed by atoms with van der Waals surface area (Å²) in [6.07, 6.45) is 3.00. The van der Waals surface area contributed by atoms with E-state index in [4.69, 9.17) is 0 Å². The zero-order valence-corrected chi connectivity index (χ0v) is 11.2. The van der Waals surface area contributed by atoms with Gasteiger partial charge in [0.15, 0.2) is 0 Å². The van der Waals surface area contributed by atoms with Gasteiger partial charge in [0.1, 0.15) is 5.69 Å². The molecule has 0 saturated carbocycles. The van der Waals surface area contributed by atoms with Gasteiger partial charge in [-0.15, -0.1) is 0 Å². The van der Waals surface area contributed by atoms with E-state index < -0.39 is 5.97 Å². The van der Waals surface area contributed by atoms with Crippen LogP contribution in [-0.4, -0.2) is 15.6 Å². The quantitative estimate of drug-likeness (QED) is 0.818. The molecule has 0 saturated heterocycles. The van der Waals surface area contributed by atoms with Crippen molar-refractivity contribution in [1.29, 1.82) is 0 Å². The summed E-state index contributed by atoms with van der Waals surface area (Å²) < 4.78 is 1.98. The van der Waals surface area contributed by atoms with Crippen molar-refractivity contribution in [3.8, 4) is 0 Å². The third-order valence-corrected chi connectivity index (χ3v) is 3.23. The summed E-state index contributed by atoms with van der Waals surface area (Å²) >= 11 is 0. The van der Waals surface area contributed by atoms with E-state index in [1.54, 1.807) is 6.07 Å². The highest BCUT2D eigenvalue weighted by molar-refractivity contribution is 5.86. The summed E-state index contributed by atoms with van der Waals surface area (Å²) in [5.74, 6) is -0.190. The summed E-state index contributed by atoms with van der Waals surface area (Å²) in [7, 11) is 0. The van der Waals surface area contributed by atoms with E-state index in [2.05, 4.69) is 27.7 Å². The van der Waals surface area contributed by atoms with E-state index in [-0.39, 0.29) is 6.04 Å². The van der Waals surface area contributed by atoms with Crippen LogP contribution >= 0.6 is 0 Å². The van der Waals surface area contributed by atoms with Crippen LogP contribution < -0.4 is 0 Å². The number of hydrogen-bond donors (Lipinski definition) is 1. The van der Waals surface area contributed by atoms with Gasteiger partial charge in [-0.05, 0) is 44.2 Å². The Morgan fingerprint density at radius 1 is 1.35 bits per heavy atom. The van der Waals surface area contributed by atoms with Crippen LogP contribution in [-0.2, 0) is 6.42 Å². The fourth-order valence-corrected chi connectivity index (χ4v) is 2.01. The lowest BCUT2D eigenvalue weighted by atomic mass is 10.1. The zero-order chi connectivity index (χ0) is 13.0. The number of carboxylic acids is 1. The molecule has 96 valence electrons. The van der Waals surface area contributed by atoms with Gasteiger partial charge in [0.25, 0.3) is 0 Å². The number of carboxylic acid groups (broad SMARTS) is 1. The molecule has 1 atom stereocenters. The van der Waals surface area contributed by atoms with Crippen molar-refractivity contribution in [3.63, 3.8) is 0 Å². The number of aromatic nitrogens is 1. The van der Waals surface area contributed by atoms with E-state index in [1.807, 2.05) is 10.6 Å². The van der Waals surface area contributed by atoms with Crippen molar-refractivity contribution in [2.75, 3.05) is 0 Å². The number of aryl methyl sites for hydroxylation is 1. The fraction of sp³-hybridized carbons (Fsp3) is 0.643. The standard InChI is InChI=1S/C14H23NO2/c1-5-11(4)15-12(7-6-10(2)3)8-9-13(15)14(16)17/h8-11H,5-7H2,1-4H3,(H,16,17)/t11-/m1/s1. The molecule has 0 amide bonds. The molecule has 0 aromatic carbocycles. The van der Waals surface area contributed by atoms with Crippen molar-refractivity contribution in [2.24, 2.45) is 5.92 Å². The van der Waals surface area contributed by atoms with Crippen LogP contribution in [0.5, 0.6) is 0 Å². The first-order valence-corrected chi connectivity index (χ1v) is 6.40. The maximum Gasteiger partial charge on any atom is 0.352 e. The van der Waals surface area contributed by atoms with Gasteiger partial charge in [0.2, 0.25) is 0 Å². The van der Waals surface area contributed by atoms with Crippen LogP contribution in [0.2, 0.25) is 0 Å². The van der Waals surface area contributed by atoms with Crippen LogP contribution in [0.3, 0.4) is 0 Å². The van der Waals surface area contributed by atoms with Crippen molar-refractivity contribution < 1.29 is 9.90 Å². The molecule has 1 heterocycles. The Kier molecular flexibility index (Phi) is 4.79. The van der Waals surface area contributed by atoms with Crippen LogP contribution in [0, 0.1) is 5.92 Å². The molecule has 17 heavy (non-hydrogen) atoms. The maximum atomic E-state index is 11.2. The molecule has 0 aliphatic heterocycles. The molecule has 0 radical (unpaired) electrons. The van der Waals surface area contributed by atoms with Crippen LogP contribution in [0.1, 0.15) is 62.8 Å². The summed E-state index contributed by atoms with van der Waals surface area (Å²) in [6.45, 7) is 8.54. The lowest BCUT2D eigenvalue weighted by molar-refractivity contribution is 0.0682. The van der Waals surface area contributed by atoms with E-state index in [0.29, 0.717) is 11.6 Å². The number of hydrogen-bond acceptors (Lipinski definition) is 1. The topological polar surface area (TPSA) is 42.2 Å². The predicted octanol–water partition coefficient (Wildman–Crippen LogP) is 3.75. The molecule has 0 fully saturated rings. The van der Waals surface area contributed by atoms with Crippen LogP contribution in [0.25, 0.3) is 0 Å². The maximum absolute atomic E-state index is 11.2. The normalized spacial score (nSPS) is 13.0. The largest absolute Gasteiger partial charge is 0.477 e. The molecule has 1 aromatic heterocycles.